The topological polar surface area (TPSA) is 82.7 Å². The molecule has 27 heavy (non-hydrogen) atoms. The summed E-state index contributed by atoms with van der Waals surface area (Å²) in [4.78, 5) is 16.9. The number of aromatic amines is 1. The lowest BCUT2D eigenvalue weighted by atomic mass is 9.86. The number of benzene rings is 1. The summed E-state index contributed by atoms with van der Waals surface area (Å²) in [6, 6.07) is 5.11. The van der Waals surface area contributed by atoms with Gasteiger partial charge in [0.05, 0.1) is 10.6 Å². The van der Waals surface area contributed by atoms with Crippen LogP contribution < -0.4 is 10.6 Å². The maximum absolute atomic E-state index is 12.4. The number of hydrogen-bond acceptors (Lipinski definition) is 4. The fraction of sp³-hybridized carbons (Fsp3) is 0.526. The number of carbonyl (C=O) groups excluding carboxylic acids is 1. The number of halogens is 2. The van der Waals surface area contributed by atoms with Gasteiger partial charge in [-0.3, -0.25) is 4.79 Å². The Morgan fingerprint density at radius 1 is 1.26 bits per heavy atom. The Hall–Kier alpha value is -1.79. The van der Waals surface area contributed by atoms with E-state index in [2.05, 4.69) is 32.7 Å². The van der Waals surface area contributed by atoms with Gasteiger partial charge in [-0.2, -0.15) is 10.1 Å². The molecule has 1 amide bonds. The first-order valence-corrected chi connectivity index (χ1v) is 10.2. The van der Waals surface area contributed by atoms with Gasteiger partial charge in [-0.25, -0.2) is 5.10 Å². The molecule has 0 radical (unpaired) electrons. The van der Waals surface area contributed by atoms with Gasteiger partial charge in [0.1, 0.15) is 0 Å². The zero-order chi connectivity index (χ0) is 19.2. The van der Waals surface area contributed by atoms with E-state index in [4.69, 9.17) is 23.2 Å². The lowest BCUT2D eigenvalue weighted by Crippen LogP contribution is -2.38. The normalized spacial score (nSPS) is 19.7. The van der Waals surface area contributed by atoms with Crippen LogP contribution in [0.5, 0.6) is 0 Å². The second-order valence-electron chi connectivity index (χ2n) is 7.05. The summed E-state index contributed by atoms with van der Waals surface area (Å²) in [5.74, 6) is 2.00. The van der Waals surface area contributed by atoms with Gasteiger partial charge in [0.25, 0.3) is 5.91 Å². The number of anilines is 1. The first-order valence-electron chi connectivity index (χ1n) is 9.46. The average Bonchev–Trinajstić information content (AvgIpc) is 3.11. The minimum atomic E-state index is -0.158. The monoisotopic (exact) mass is 409 g/mol. The molecule has 1 heterocycles. The number of amides is 1. The first kappa shape index (κ1) is 20.0. The Bertz CT molecular complexity index is 771. The number of nitrogens with one attached hydrogen (secondary N) is 3. The summed E-state index contributed by atoms with van der Waals surface area (Å²) in [5, 5.41) is 14.5. The third-order valence-electron chi connectivity index (χ3n) is 4.92. The van der Waals surface area contributed by atoms with E-state index in [1.54, 1.807) is 18.2 Å². The quantitative estimate of drug-likeness (QED) is 0.629. The number of aromatic nitrogens is 3. The summed E-state index contributed by atoms with van der Waals surface area (Å²) in [7, 11) is 0. The molecule has 1 aliphatic rings. The van der Waals surface area contributed by atoms with Gasteiger partial charge in [0, 0.05) is 24.0 Å². The van der Waals surface area contributed by atoms with Crippen LogP contribution in [-0.2, 0) is 6.42 Å². The van der Waals surface area contributed by atoms with Crippen molar-refractivity contribution >= 4 is 35.1 Å². The molecule has 0 atom stereocenters. The van der Waals surface area contributed by atoms with Crippen LogP contribution in [0.4, 0.5) is 5.95 Å². The standard InChI is InChI=1S/C19H25Cl2N5O/c1-2-3-17-24-19(26-25-17)22-11-12-4-7-14(8-5-12)23-18(27)15-10-13(20)6-9-16(15)21/h6,9-10,12,14H,2-5,7-8,11H2,1H3,(H,23,27)(H2,22,24,25,26). The van der Waals surface area contributed by atoms with E-state index in [0.717, 1.165) is 56.8 Å². The molecule has 6 nitrogen and oxygen atoms in total. The summed E-state index contributed by atoms with van der Waals surface area (Å²) in [6.07, 6.45) is 5.93. The van der Waals surface area contributed by atoms with Crippen LogP contribution in [-0.4, -0.2) is 33.7 Å². The van der Waals surface area contributed by atoms with Crippen molar-refractivity contribution in [3.63, 3.8) is 0 Å². The summed E-state index contributed by atoms with van der Waals surface area (Å²) in [5.41, 5.74) is 0.432. The van der Waals surface area contributed by atoms with E-state index < -0.39 is 0 Å². The fourth-order valence-corrected chi connectivity index (χ4v) is 3.77. The predicted molar refractivity (Wildman–Crippen MR) is 109 cm³/mol. The second kappa shape index (κ2) is 9.42. The SMILES string of the molecule is CCCc1n[nH]c(NCC2CCC(NC(=O)c3cc(Cl)ccc3Cl)CC2)n1. The highest BCUT2D eigenvalue weighted by molar-refractivity contribution is 6.35. The van der Waals surface area contributed by atoms with E-state index >= 15 is 0 Å². The number of rotatable bonds is 7. The third kappa shape index (κ3) is 5.59. The van der Waals surface area contributed by atoms with Crippen molar-refractivity contribution in [2.45, 2.75) is 51.5 Å². The van der Waals surface area contributed by atoms with Crippen LogP contribution >= 0.6 is 23.2 Å². The van der Waals surface area contributed by atoms with E-state index in [1.807, 2.05) is 0 Å². The minimum Gasteiger partial charge on any atom is -0.354 e. The van der Waals surface area contributed by atoms with Crippen LogP contribution in [0.1, 0.15) is 55.2 Å². The Morgan fingerprint density at radius 3 is 2.78 bits per heavy atom. The lowest BCUT2D eigenvalue weighted by molar-refractivity contribution is 0.0923. The lowest BCUT2D eigenvalue weighted by Gasteiger charge is -2.29. The van der Waals surface area contributed by atoms with Crippen LogP contribution in [0.15, 0.2) is 18.2 Å². The molecular formula is C19H25Cl2N5O. The maximum atomic E-state index is 12.4. The molecule has 1 fully saturated rings. The van der Waals surface area contributed by atoms with Crippen LogP contribution in [0.2, 0.25) is 10.0 Å². The van der Waals surface area contributed by atoms with E-state index in [0.29, 0.717) is 21.5 Å². The summed E-state index contributed by atoms with van der Waals surface area (Å²) in [6.45, 7) is 2.97. The number of carbonyl (C=O) groups is 1. The predicted octanol–water partition coefficient (Wildman–Crippen LogP) is 4.46. The van der Waals surface area contributed by atoms with Gasteiger partial charge in [-0.15, -0.1) is 0 Å². The van der Waals surface area contributed by atoms with Crippen molar-refractivity contribution in [1.29, 1.82) is 0 Å². The van der Waals surface area contributed by atoms with Gasteiger partial charge >= 0.3 is 0 Å². The molecule has 1 aliphatic carbocycles. The molecule has 3 rings (SSSR count). The number of aryl methyl sites for hydroxylation is 1. The molecule has 3 N–H and O–H groups in total. The van der Waals surface area contributed by atoms with Crippen LogP contribution in [0.3, 0.4) is 0 Å². The highest BCUT2D eigenvalue weighted by Gasteiger charge is 2.23. The molecule has 1 aromatic heterocycles. The van der Waals surface area contributed by atoms with Gasteiger partial charge in [-0.1, -0.05) is 30.1 Å². The second-order valence-corrected chi connectivity index (χ2v) is 7.89. The van der Waals surface area contributed by atoms with Crippen molar-refractivity contribution in [3.8, 4) is 0 Å². The molecule has 0 spiro atoms. The molecule has 1 aromatic carbocycles. The molecule has 8 heteroatoms. The highest BCUT2D eigenvalue weighted by atomic mass is 35.5. The number of nitrogens with zero attached hydrogens (tertiary/aromatic N) is 2. The van der Waals surface area contributed by atoms with E-state index in [9.17, 15) is 4.79 Å². The Kier molecular flexibility index (Phi) is 6.96. The smallest absolute Gasteiger partial charge is 0.253 e. The summed E-state index contributed by atoms with van der Waals surface area (Å²) >= 11 is 12.1. The molecule has 0 unspecified atom stereocenters. The van der Waals surface area contributed by atoms with Crippen molar-refractivity contribution in [1.82, 2.24) is 20.5 Å². The van der Waals surface area contributed by atoms with E-state index in [1.165, 1.54) is 0 Å². The summed E-state index contributed by atoms with van der Waals surface area (Å²) < 4.78 is 0. The van der Waals surface area contributed by atoms with Crippen molar-refractivity contribution in [2.75, 3.05) is 11.9 Å². The molecule has 0 bridgehead atoms. The Morgan fingerprint density at radius 2 is 2.04 bits per heavy atom. The van der Waals surface area contributed by atoms with Gasteiger partial charge in [-0.05, 0) is 56.2 Å². The zero-order valence-corrected chi connectivity index (χ0v) is 16.9. The molecule has 146 valence electrons. The Labute approximate surface area is 169 Å². The number of H-pyrrole nitrogens is 1. The number of hydrogen-bond donors (Lipinski definition) is 3. The van der Waals surface area contributed by atoms with Crippen LogP contribution in [0, 0.1) is 5.92 Å². The van der Waals surface area contributed by atoms with Crippen molar-refractivity contribution in [2.24, 2.45) is 5.92 Å². The van der Waals surface area contributed by atoms with Gasteiger partial charge in [0.15, 0.2) is 5.82 Å². The fourth-order valence-electron chi connectivity index (χ4n) is 3.40. The van der Waals surface area contributed by atoms with Crippen LogP contribution in [0.25, 0.3) is 0 Å². The molecule has 2 aromatic rings. The largest absolute Gasteiger partial charge is 0.354 e. The Balaban J connectivity index is 1.43. The highest BCUT2D eigenvalue weighted by Crippen LogP contribution is 2.26. The maximum Gasteiger partial charge on any atom is 0.253 e. The zero-order valence-electron chi connectivity index (χ0n) is 15.4. The van der Waals surface area contributed by atoms with Gasteiger partial charge in [0.2, 0.25) is 5.95 Å². The van der Waals surface area contributed by atoms with Crippen molar-refractivity contribution < 1.29 is 4.79 Å². The molecule has 0 aliphatic heterocycles. The molecular weight excluding hydrogens is 385 g/mol. The average molecular weight is 410 g/mol. The van der Waals surface area contributed by atoms with Gasteiger partial charge < -0.3 is 10.6 Å². The molecule has 0 saturated heterocycles. The third-order valence-corrected chi connectivity index (χ3v) is 5.48. The first-order chi connectivity index (χ1) is 13.0. The van der Waals surface area contributed by atoms with E-state index in [-0.39, 0.29) is 11.9 Å². The minimum absolute atomic E-state index is 0.158. The molecule has 1 saturated carbocycles. The van der Waals surface area contributed by atoms with Crippen molar-refractivity contribution in [3.05, 3.63) is 39.6 Å².